The lowest BCUT2D eigenvalue weighted by molar-refractivity contribution is -0.384. The summed E-state index contributed by atoms with van der Waals surface area (Å²) in [6, 6.07) is 4.29. The number of carbonyl (C=O) groups is 1. The quantitative estimate of drug-likeness (QED) is 0.468. The maximum absolute atomic E-state index is 13.1. The summed E-state index contributed by atoms with van der Waals surface area (Å²) in [6.07, 6.45) is 3.67. The zero-order valence-corrected chi connectivity index (χ0v) is 20.1. The molecule has 0 aromatic heterocycles. The van der Waals surface area contributed by atoms with Crippen LogP contribution in [-0.2, 0) is 14.8 Å². The molecule has 0 unspecified atom stereocenters. The van der Waals surface area contributed by atoms with Crippen molar-refractivity contribution in [1.29, 1.82) is 0 Å². The van der Waals surface area contributed by atoms with Crippen LogP contribution in [0.2, 0.25) is 0 Å². The molecule has 1 saturated carbocycles. The molecule has 11 heteroatoms. The van der Waals surface area contributed by atoms with E-state index in [4.69, 9.17) is 0 Å². The van der Waals surface area contributed by atoms with Gasteiger partial charge < -0.3 is 10.2 Å². The Morgan fingerprint density at radius 2 is 1.73 bits per heavy atom. The molecule has 0 radical (unpaired) electrons. The molecule has 10 nitrogen and oxygen atoms in total. The lowest BCUT2D eigenvalue weighted by Gasteiger charge is -2.38. The predicted molar refractivity (Wildman–Crippen MR) is 125 cm³/mol. The number of nitrogens with one attached hydrogen (secondary N) is 1. The maximum Gasteiger partial charge on any atom is 0.293 e. The number of carbonyl (C=O) groups excluding carboxylic acids is 1. The minimum absolute atomic E-state index is 0.0265. The van der Waals surface area contributed by atoms with Crippen LogP contribution in [0.15, 0.2) is 23.1 Å². The number of benzene rings is 1. The van der Waals surface area contributed by atoms with Gasteiger partial charge in [-0.05, 0) is 50.7 Å². The lowest BCUT2D eigenvalue weighted by Crippen LogP contribution is -2.54. The van der Waals surface area contributed by atoms with Gasteiger partial charge in [0.2, 0.25) is 15.9 Å². The maximum atomic E-state index is 13.1. The molecule has 1 aromatic carbocycles. The van der Waals surface area contributed by atoms with Crippen LogP contribution in [0.25, 0.3) is 0 Å². The second kappa shape index (κ2) is 9.55. The SMILES string of the molecule is CC1CCN(S(=O)(=O)c2ccc(N3CCN([C@@H](C)C(=O)NC4CC4)CC3)c([N+](=O)[O-])c2)CC1. The Labute approximate surface area is 195 Å². The van der Waals surface area contributed by atoms with Gasteiger partial charge in [-0.15, -0.1) is 0 Å². The van der Waals surface area contributed by atoms with E-state index in [2.05, 4.69) is 17.1 Å². The molecule has 33 heavy (non-hydrogen) atoms. The molecule has 1 aromatic rings. The monoisotopic (exact) mass is 479 g/mol. The van der Waals surface area contributed by atoms with E-state index in [1.807, 2.05) is 11.8 Å². The summed E-state index contributed by atoms with van der Waals surface area (Å²) in [6.45, 7) is 7.11. The second-order valence-corrected chi connectivity index (χ2v) is 11.4. The first-order valence-electron chi connectivity index (χ1n) is 11.7. The highest BCUT2D eigenvalue weighted by molar-refractivity contribution is 7.89. The summed E-state index contributed by atoms with van der Waals surface area (Å²) < 4.78 is 27.6. The van der Waals surface area contributed by atoms with Crippen LogP contribution >= 0.6 is 0 Å². The van der Waals surface area contributed by atoms with Gasteiger partial charge in [0.1, 0.15) is 5.69 Å². The number of anilines is 1. The molecule has 2 saturated heterocycles. The first-order chi connectivity index (χ1) is 15.7. The minimum atomic E-state index is -3.77. The van der Waals surface area contributed by atoms with Crippen LogP contribution in [-0.4, -0.2) is 79.8 Å². The molecular formula is C22H33N5O5S. The summed E-state index contributed by atoms with van der Waals surface area (Å²) in [4.78, 5) is 27.6. The number of amides is 1. The summed E-state index contributed by atoms with van der Waals surface area (Å²) >= 11 is 0. The highest BCUT2D eigenvalue weighted by Gasteiger charge is 2.33. The van der Waals surface area contributed by atoms with Gasteiger partial charge in [0.15, 0.2) is 0 Å². The Balaban J connectivity index is 1.46. The van der Waals surface area contributed by atoms with Crippen molar-refractivity contribution in [2.24, 2.45) is 5.92 Å². The highest BCUT2D eigenvalue weighted by atomic mass is 32.2. The van der Waals surface area contributed by atoms with E-state index >= 15 is 0 Å². The van der Waals surface area contributed by atoms with E-state index in [-0.39, 0.29) is 22.5 Å². The fraction of sp³-hybridized carbons (Fsp3) is 0.682. The van der Waals surface area contributed by atoms with Crippen molar-refractivity contribution in [2.45, 2.75) is 56.5 Å². The molecule has 1 amide bonds. The number of piperazine rings is 1. The molecule has 0 spiro atoms. The Bertz CT molecular complexity index is 996. The van der Waals surface area contributed by atoms with Crippen LogP contribution in [0.3, 0.4) is 0 Å². The van der Waals surface area contributed by atoms with E-state index in [1.165, 1.54) is 16.4 Å². The minimum Gasteiger partial charge on any atom is -0.363 e. The molecule has 1 aliphatic carbocycles. The van der Waals surface area contributed by atoms with Gasteiger partial charge in [0, 0.05) is 51.4 Å². The zero-order valence-electron chi connectivity index (χ0n) is 19.3. The summed E-state index contributed by atoms with van der Waals surface area (Å²) in [5.41, 5.74) is 0.218. The third-order valence-electron chi connectivity index (χ3n) is 7.03. The molecule has 2 heterocycles. The van der Waals surface area contributed by atoms with Gasteiger partial charge in [-0.1, -0.05) is 6.92 Å². The normalized spacial score (nSPS) is 22.2. The lowest BCUT2D eigenvalue weighted by atomic mass is 10.0. The van der Waals surface area contributed by atoms with Crippen molar-refractivity contribution in [3.63, 3.8) is 0 Å². The van der Waals surface area contributed by atoms with Gasteiger partial charge >= 0.3 is 0 Å². The molecule has 3 fully saturated rings. The van der Waals surface area contributed by atoms with Crippen LogP contribution in [0.4, 0.5) is 11.4 Å². The van der Waals surface area contributed by atoms with Crippen LogP contribution < -0.4 is 10.2 Å². The molecule has 3 aliphatic rings. The molecule has 0 bridgehead atoms. The molecule has 182 valence electrons. The van der Waals surface area contributed by atoms with Crippen LogP contribution in [0.1, 0.15) is 39.5 Å². The Morgan fingerprint density at radius 1 is 1.09 bits per heavy atom. The van der Waals surface area contributed by atoms with Crippen molar-refractivity contribution in [2.75, 3.05) is 44.2 Å². The predicted octanol–water partition coefficient (Wildman–Crippen LogP) is 1.80. The van der Waals surface area contributed by atoms with E-state index < -0.39 is 14.9 Å². The number of piperidine rings is 1. The number of sulfonamides is 1. The van der Waals surface area contributed by atoms with Gasteiger partial charge in [-0.3, -0.25) is 19.8 Å². The number of nitro groups is 1. The molecule has 1 N–H and O–H groups in total. The van der Waals surface area contributed by atoms with E-state index in [0.717, 1.165) is 25.7 Å². The Kier molecular flexibility index (Phi) is 6.92. The van der Waals surface area contributed by atoms with E-state index in [0.29, 0.717) is 56.9 Å². The number of hydrogen-bond donors (Lipinski definition) is 1. The zero-order chi connectivity index (χ0) is 23.8. The Morgan fingerprint density at radius 3 is 2.30 bits per heavy atom. The summed E-state index contributed by atoms with van der Waals surface area (Å²) in [7, 11) is -3.77. The van der Waals surface area contributed by atoms with Crippen LogP contribution in [0, 0.1) is 16.0 Å². The fourth-order valence-corrected chi connectivity index (χ4v) is 6.01. The van der Waals surface area contributed by atoms with Crippen molar-refractivity contribution >= 4 is 27.3 Å². The van der Waals surface area contributed by atoms with E-state index in [1.54, 1.807) is 6.07 Å². The summed E-state index contributed by atoms with van der Waals surface area (Å²) in [5.74, 6) is 0.507. The van der Waals surface area contributed by atoms with Crippen molar-refractivity contribution < 1.29 is 18.1 Å². The van der Waals surface area contributed by atoms with Gasteiger partial charge in [0.05, 0.1) is 15.9 Å². The van der Waals surface area contributed by atoms with Gasteiger partial charge in [-0.2, -0.15) is 4.31 Å². The average molecular weight is 480 g/mol. The van der Waals surface area contributed by atoms with Gasteiger partial charge in [0.25, 0.3) is 5.69 Å². The van der Waals surface area contributed by atoms with Crippen molar-refractivity contribution in [3.05, 3.63) is 28.3 Å². The van der Waals surface area contributed by atoms with Crippen molar-refractivity contribution in [1.82, 2.24) is 14.5 Å². The fourth-order valence-electron chi connectivity index (χ4n) is 4.52. The van der Waals surface area contributed by atoms with E-state index in [9.17, 15) is 23.3 Å². The molecule has 1 atom stereocenters. The smallest absolute Gasteiger partial charge is 0.293 e. The largest absolute Gasteiger partial charge is 0.363 e. The summed E-state index contributed by atoms with van der Waals surface area (Å²) in [5, 5.41) is 14.9. The number of nitrogens with zero attached hydrogens (tertiary/aromatic N) is 4. The van der Waals surface area contributed by atoms with Crippen LogP contribution in [0.5, 0.6) is 0 Å². The molecular weight excluding hydrogens is 446 g/mol. The number of nitro benzene ring substituents is 1. The molecule has 2 aliphatic heterocycles. The Hall–Kier alpha value is -2.24. The number of hydrogen-bond acceptors (Lipinski definition) is 7. The first-order valence-corrected chi connectivity index (χ1v) is 13.2. The standard InChI is InChI=1S/C22H33N5O5S/c1-16-7-9-26(10-8-16)33(31,32)19-5-6-20(21(15-19)27(29)30)25-13-11-24(12-14-25)17(2)22(28)23-18-3-4-18/h5-6,15-18H,3-4,7-14H2,1-2H3,(H,23,28)/t17-/m0/s1. The third kappa shape index (κ3) is 5.30. The average Bonchev–Trinajstić information content (AvgIpc) is 3.62. The molecule has 4 rings (SSSR count). The highest BCUT2D eigenvalue weighted by Crippen LogP contribution is 2.33. The second-order valence-electron chi connectivity index (χ2n) is 9.48. The topological polar surface area (TPSA) is 116 Å². The number of rotatable bonds is 7. The van der Waals surface area contributed by atoms with Gasteiger partial charge in [-0.25, -0.2) is 8.42 Å². The van der Waals surface area contributed by atoms with Crippen molar-refractivity contribution in [3.8, 4) is 0 Å². The third-order valence-corrected chi connectivity index (χ3v) is 8.92. The first kappa shape index (κ1) is 23.9.